The van der Waals surface area contributed by atoms with Gasteiger partial charge in [0.15, 0.2) is 0 Å². The van der Waals surface area contributed by atoms with Crippen molar-refractivity contribution >= 4 is 34.9 Å². The Hall–Kier alpha value is -4.24. The number of hydrogen-bond acceptors (Lipinski definition) is 0. The molecule has 0 aromatic heterocycles. The number of rotatable bonds is 2. The van der Waals surface area contributed by atoms with Crippen molar-refractivity contribution in [3.63, 3.8) is 0 Å². The number of halogens is 2. The summed E-state index contributed by atoms with van der Waals surface area (Å²) in [4.78, 5) is 0. The monoisotopic (exact) mass is 450 g/mol. The summed E-state index contributed by atoms with van der Waals surface area (Å²) in [6, 6.07) is 31.6. The fourth-order valence-electron chi connectivity index (χ4n) is 5.71. The number of benzene rings is 6. The van der Waals surface area contributed by atoms with Crippen LogP contribution in [0.1, 0.15) is 0 Å². The van der Waals surface area contributed by atoms with E-state index in [1.54, 1.807) is 12.1 Å². The highest BCUT2D eigenvalue weighted by molar-refractivity contribution is 6.41. The summed E-state index contributed by atoms with van der Waals surface area (Å²) in [6.07, 6.45) is 0. The van der Waals surface area contributed by atoms with Crippen LogP contribution in [0.15, 0.2) is 103 Å². The lowest BCUT2D eigenvalue weighted by Crippen LogP contribution is -2.03. The van der Waals surface area contributed by atoms with E-state index in [4.69, 9.17) is 7.85 Å². The molecule has 0 saturated heterocycles. The zero-order chi connectivity index (χ0) is 23.7. The molecule has 1 aliphatic carbocycles. The normalized spacial score (nSPS) is 11.8. The Kier molecular flexibility index (Phi) is 4.25. The number of fused-ring (bicyclic) bond motifs is 4. The second-order valence-corrected chi connectivity index (χ2v) is 8.94. The summed E-state index contributed by atoms with van der Waals surface area (Å²) >= 11 is 0. The Bertz CT molecular complexity index is 1740. The van der Waals surface area contributed by atoms with Crippen molar-refractivity contribution in [2.24, 2.45) is 0 Å². The fraction of sp³-hybridized carbons (Fsp3) is 0. The second-order valence-electron chi connectivity index (χ2n) is 8.94. The average Bonchev–Trinajstić information content (AvgIpc) is 3.21. The molecule has 7 rings (SSSR count). The van der Waals surface area contributed by atoms with E-state index >= 15 is 8.78 Å². The molecule has 0 atom stereocenters. The van der Waals surface area contributed by atoms with E-state index in [9.17, 15) is 0 Å². The van der Waals surface area contributed by atoms with Crippen LogP contribution in [0.4, 0.5) is 8.78 Å². The van der Waals surface area contributed by atoms with Gasteiger partial charge in [-0.25, -0.2) is 8.78 Å². The highest BCUT2D eigenvalue weighted by Gasteiger charge is 2.31. The zero-order valence-electron chi connectivity index (χ0n) is 18.6. The third-order valence-corrected chi connectivity index (χ3v) is 7.12. The van der Waals surface area contributed by atoms with Gasteiger partial charge in [0.25, 0.3) is 0 Å². The van der Waals surface area contributed by atoms with Gasteiger partial charge < -0.3 is 0 Å². The molecule has 35 heavy (non-hydrogen) atoms. The third kappa shape index (κ3) is 2.72. The van der Waals surface area contributed by atoms with E-state index < -0.39 is 0 Å². The summed E-state index contributed by atoms with van der Waals surface area (Å²) in [7, 11) is 6.38. The quantitative estimate of drug-likeness (QED) is 0.234. The maximum atomic E-state index is 15.4. The molecular weight excluding hydrogens is 433 g/mol. The lowest BCUT2D eigenvalue weighted by Gasteiger charge is -2.21. The molecule has 0 heterocycles. The van der Waals surface area contributed by atoms with Crippen LogP contribution in [0.3, 0.4) is 0 Å². The summed E-state index contributed by atoms with van der Waals surface area (Å²) in [5, 5.41) is 3.73. The van der Waals surface area contributed by atoms with Crippen molar-refractivity contribution in [3.05, 3.63) is 115 Å². The lowest BCUT2D eigenvalue weighted by atomic mass is 9.82. The van der Waals surface area contributed by atoms with Crippen molar-refractivity contribution in [2.45, 2.75) is 0 Å². The van der Waals surface area contributed by atoms with E-state index in [2.05, 4.69) is 6.07 Å². The van der Waals surface area contributed by atoms with Gasteiger partial charge in [0.05, 0.1) is 0 Å². The molecule has 0 aliphatic heterocycles. The molecule has 0 bridgehead atoms. The van der Waals surface area contributed by atoms with E-state index in [-0.39, 0.29) is 11.6 Å². The molecule has 0 unspecified atom stereocenters. The van der Waals surface area contributed by atoms with Crippen LogP contribution in [-0.4, -0.2) is 7.85 Å². The first kappa shape index (κ1) is 20.2. The van der Waals surface area contributed by atoms with Gasteiger partial charge in [-0.3, -0.25) is 0 Å². The first-order valence-corrected chi connectivity index (χ1v) is 11.6. The Labute approximate surface area is 202 Å². The predicted octanol–water partition coefficient (Wildman–Crippen LogP) is 8.05. The van der Waals surface area contributed by atoms with Crippen molar-refractivity contribution in [1.82, 2.24) is 0 Å². The van der Waals surface area contributed by atoms with Crippen molar-refractivity contribution in [1.29, 1.82) is 0 Å². The minimum Gasteiger partial charge on any atom is -0.206 e. The molecular formula is C32H17BF2. The average molecular weight is 450 g/mol. The molecule has 0 amide bonds. The van der Waals surface area contributed by atoms with Crippen molar-refractivity contribution in [3.8, 4) is 44.5 Å². The zero-order valence-corrected chi connectivity index (χ0v) is 18.6. The van der Waals surface area contributed by atoms with Gasteiger partial charge in [-0.2, -0.15) is 0 Å². The summed E-state index contributed by atoms with van der Waals surface area (Å²) in [5.41, 5.74) is 7.17. The Balaban J connectivity index is 1.79. The van der Waals surface area contributed by atoms with Crippen LogP contribution in [0.2, 0.25) is 0 Å². The van der Waals surface area contributed by atoms with Gasteiger partial charge >= 0.3 is 0 Å². The SMILES string of the molecule is [B]c1ccc2c3c(cccc13)-c1c-2c(-c2ccccc2F)c2ccccc2c1-c1ccccc1F. The summed E-state index contributed by atoms with van der Waals surface area (Å²) in [5.74, 6) is -0.581. The first-order chi connectivity index (χ1) is 17.1. The fourth-order valence-corrected chi connectivity index (χ4v) is 5.71. The maximum absolute atomic E-state index is 15.4. The van der Waals surface area contributed by atoms with E-state index in [0.29, 0.717) is 16.6 Å². The Morgan fingerprint density at radius 2 is 0.857 bits per heavy atom. The smallest absolute Gasteiger partial charge is 0.131 e. The molecule has 6 aromatic rings. The summed E-state index contributed by atoms with van der Waals surface area (Å²) in [6.45, 7) is 0. The van der Waals surface area contributed by atoms with E-state index in [0.717, 1.165) is 54.9 Å². The molecule has 0 saturated carbocycles. The van der Waals surface area contributed by atoms with Gasteiger partial charge in [0.2, 0.25) is 0 Å². The topological polar surface area (TPSA) is 0 Å². The first-order valence-electron chi connectivity index (χ1n) is 11.6. The van der Waals surface area contributed by atoms with E-state index in [1.165, 1.54) is 12.1 Å². The molecule has 0 spiro atoms. The molecule has 6 aromatic carbocycles. The van der Waals surface area contributed by atoms with Gasteiger partial charge in [0, 0.05) is 22.3 Å². The van der Waals surface area contributed by atoms with Gasteiger partial charge in [-0.15, -0.1) is 0 Å². The Morgan fingerprint density at radius 1 is 0.400 bits per heavy atom. The second kappa shape index (κ2) is 7.38. The highest BCUT2D eigenvalue weighted by atomic mass is 19.1. The standard InChI is InChI=1S/C32H17BF2/c33-25-17-16-24-28-20(25)12-7-13-23(28)31-29(21-10-3-5-14-26(21)34)18-8-1-2-9-19(18)30(32(24)31)22-11-4-6-15-27(22)35/h1-17H. The molecule has 0 N–H and O–H groups in total. The molecule has 162 valence electrons. The van der Waals surface area contributed by atoms with Crippen LogP contribution < -0.4 is 5.46 Å². The molecule has 1 aliphatic rings. The van der Waals surface area contributed by atoms with Crippen LogP contribution in [0.5, 0.6) is 0 Å². The maximum Gasteiger partial charge on any atom is 0.131 e. The van der Waals surface area contributed by atoms with E-state index in [1.807, 2.05) is 72.8 Å². The van der Waals surface area contributed by atoms with Crippen LogP contribution in [-0.2, 0) is 0 Å². The van der Waals surface area contributed by atoms with Crippen molar-refractivity contribution < 1.29 is 8.78 Å². The Morgan fingerprint density at radius 3 is 1.43 bits per heavy atom. The van der Waals surface area contributed by atoms with Crippen LogP contribution >= 0.6 is 0 Å². The van der Waals surface area contributed by atoms with Crippen molar-refractivity contribution in [2.75, 3.05) is 0 Å². The minimum absolute atomic E-state index is 0.291. The lowest BCUT2D eigenvalue weighted by molar-refractivity contribution is 0.631. The van der Waals surface area contributed by atoms with Crippen LogP contribution in [0, 0.1) is 11.6 Å². The van der Waals surface area contributed by atoms with Gasteiger partial charge in [0.1, 0.15) is 19.5 Å². The minimum atomic E-state index is -0.291. The highest BCUT2D eigenvalue weighted by Crippen LogP contribution is 2.57. The largest absolute Gasteiger partial charge is 0.206 e. The molecule has 3 heteroatoms. The number of hydrogen-bond donors (Lipinski definition) is 0. The summed E-state index contributed by atoms with van der Waals surface area (Å²) < 4.78 is 30.7. The van der Waals surface area contributed by atoms with Gasteiger partial charge in [-0.1, -0.05) is 96.5 Å². The predicted molar refractivity (Wildman–Crippen MR) is 142 cm³/mol. The molecule has 0 nitrogen and oxygen atoms in total. The third-order valence-electron chi connectivity index (χ3n) is 7.12. The molecule has 0 fully saturated rings. The van der Waals surface area contributed by atoms with Gasteiger partial charge in [-0.05, 0) is 55.9 Å². The van der Waals surface area contributed by atoms with Crippen LogP contribution in [0.25, 0.3) is 66.1 Å². The molecule has 2 radical (unpaired) electrons.